The molecular weight excluding hydrogens is 410 g/mol. The number of aryl methyl sites for hydroxylation is 2. The minimum absolute atomic E-state index is 0.0970. The molecule has 1 unspecified atom stereocenters. The van der Waals surface area contributed by atoms with Crippen molar-refractivity contribution in [2.75, 3.05) is 6.54 Å². The maximum Gasteiger partial charge on any atom is 0.266 e. The summed E-state index contributed by atoms with van der Waals surface area (Å²) in [6.07, 6.45) is 5.47. The van der Waals surface area contributed by atoms with Crippen molar-refractivity contribution in [1.29, 1.82) is 0 Å². The lowest BCUT2D eigenvalue weighted by atomic mass is 10.1. The third-order valence-corrected chi connectivity index (χ3v) is 6.46. The van der Waals surface area contributed by atoms with Crippen LogP contribution in [0, 0.1) is 13.8 Å². The van der Waals surface area contributed by atoms with Crippen LogP contribution in [0.15, 0.2) is 47.3 Å². The zero-order valence-corrected chi connectivity index (χ0v) is 20.7. The molecule has 0 radical (unpaired) electrons. The zero-order valence-electron chi connectivity index (χ0n) is 20.7. The highest BCUT2D eigenvalue weighted by atomic mass is 16.2. The van der Waals surface area contributed by atoms with Crippen LogP contribution in [-0.4, -0.2) is 26.9 Å². The Morgan fingerprint density at radius 2 is 1.73 bits per heavy atom. The third-order valence-electron chi connectivity index (χ3n) is 6.46. The van der Waals surface area contributed by atoms with E-state index in [2.05, 4.69) is 20.8 Å². The van der Waals surface area contributed by atoms with Gasteiger partial charge in [-0.05, 0) is 69.0 Å². The molecule has 1 amide bonds. The van der Waals surface area contributed by atoms with Crippen LogP contribution in [0.4, 0.5) is 0 Å². The topological polar surface area (TPSA) is 55.2 Å². The van der Waals surface area contributed by atoms with Gasteiger partial charge in [0.2, 0.25) is 5.91 Å². The molecule has 1 atom stereocenters. The number of carbonyl (C=O) groups excluding carboxylic acids is 1. The van der Waals surface area contributed by atoms with Gasteiger partial charge in [-0.3, -0.25) is 14.2 Å². The molecular formula is C28H37N3O2. The van der Waals surface area contributed by atoms with Crippen molar-refractivity contribution in [2.24, 2.45) is 0 Å². The SMILES string of the molecule is CCCCCN(C(=O)CCCC)C(C)c1nc2ccccc2c(=O)n1-c1ccc(C)c(C)c1. The molecule has 176 valence electrons. The van der Waals surface area contributed by atoms with Crippen molar-refractivity contribution in [3.8, 4) is 5.69 Å². The summed E-state index contributed by atoms with van der Waals surface area (Å²) in [4.78, 5) is 33.8. The first-order valence-corrected chi connectivity index (χ1v) is 12.3. The lowest BCUT2D eigenvalue weighted by molar-refractivity contribution is -0.133. The number of rotatable bonds is 10. The van der Waals surface area contributed by atoms with Gasteiger partial charge < -0.3 is 4.90 Å². The van der Waals surface area contributed by atoms with Gasteiger partial charge in [0.15, 0.2) is 0 Å². The first kappa shape index (κ1) is 24.7. The van der Waals surface area contributed by atoms with Crippen LogP contribution in [0.3, 0.4) is 0 Å². The van der Waals surface area contributed by atoms with Gasteiger partial charge in [0.25, 0.3) is 5.56 Å². The Morgan fingerprint density at radius 3 is 2.42 bits per heavy atom. The summed E-state index contributed by atoms with van der Waals surface area (Å²) in [5.41, 5.74) is 3.65. The Labute approximate surface area is 197 Å². The first-order valence-electron chi connectivity index (χ1n) is 12.3. The maximum atomic E-state index is 13.7. The molecule has 0 aliphatic carbocycles. The van der Waals surface area contributed by atoms with Crippen LogP contribution >= 0.6 is 0 Å². The average molecular weight is 448 g/mol. The molecule has 5 heteroatoms. The first-order chi connectivity index (χ1) is 15.9. The van der Waals surface area contributed by atoms with Crippen LogP contribution in [0.25, 0.3) is 16.6 Å². The lowest BCUT2D eigenvalue weighted by Crippen LogP contribution is -2.38. The van der Waals surface area contributed by atoms with E-state index in [1.807, 2.05) is 61.2 Å². The predicted octanol–water partition coefficient (Wildman–Crippen LogP) is 6.27. The van der Waals surface area contributed by atoms with Crippen molar-refractivity contribution >= 4 is 16.8 Å². The number of fused-ring (bicyclic) bond motifs is 1. The van der Waals surface area contributed by atoms with Gasteiger partial charge in [0, 0.05) is 13.0 Å². The molecule has 5 nitrogen and oxygen atoms in total. The van der Waals surface area contributed by atoms with Gasteiger partial charge in [-0.1, -0.05) is 51.3 Å². The van der Waals surface area contributed by atoms with Crippen LogP contribution in [-0.2, 0) is 4.79 Å². The van der Waals surface area contributed by atoms with Crippen LogP contribution in [0.5, 0.6) is 0 Å². The number of hydrogen-bond acceptors (Lipinski definition) is 3. The van der Waals surface area contributed by atoms with Crippen molar-refractivity contribution in [1.82, 2.24) is 14.5 Å². The highest BCUT2D eigenvalue weighted by molar-refractivity contribution is 5.79. The summed E-state index contributed by atoms with van der Waals surface area (Å²) >= 11 is 0. The second kappa shape index (κ2) is 11.3. The molecule has 1 aromatic heterocycles. The van der Waals surface area contributed by atoms with E-state index in [4.69, 9.17) is 4.98 Å². The summed E-state index contributed by atoms with van der Waals surface area (Å²) in [5, 5.41) is 0.585. The number of aromatic nitrogens is 2. The van der Waals surface area contributed by atoms with Crippen LogP contribution in [0.1, 0.15) is 82.3 Å². The number of amides is 1. The normalized spacial score (nSPS) is 12.2. The van der Waals surface area contributed by atoms with Crippen molar-refractivity contribution in [3.63, 3.8) is 0 Å². The van der Waals surface area contributed by atoms with Crippen LogP contribution in [0.2, 0.25) is 0 Å². The summed E-state index contributed by atoms with van der Waals surface area (Å²) in [6.45, 7) is 11.0. The van der Waals surface area contributed by atoms with Crippen molar-refractivity contribution in [2.45, 2.75) is 79.2 Å². The molecule has 0 bridgehead atoms. The fourth-order valence-corrected chi connectivity index (χ4v) is 4.22. The third kappa shape index (κ3) is 5.52. The molecule has 0 spiro atoms. The summed E-state index contributed by atoms with van der Waals surface area (Å²) in [5.74, 6) is 0.748. The predicted molar refractivity (Wildman–Crippen MR) is 136 cm³/mol. The Morgan fingerprint density at radius 1 is 1.00 bits per heavy atom. The molecule has 33 heavy (non-hydrogen) atoms. The van der Waals surface area contributed by atoms with Crippen molar-refractivity contribution in [3.05, 3.63) is 69.8 Å². The quantitative estimate of drug-likeness (QED) is 0.344. The molecule has 0 N–H and O–H groups in total. The largest absolute Gasteiger partial charge is 0.333 e. The van der Waals surface area contributed by atoms with Crippen LogP contribution < -0.4 is 5.56 Å². The van der Waals surface area contributed by atoms with Gasteiger partial charge >= 0.3 is 0 Å². The minimum Gasteiger partial charge on any atom is -0.333 e. The van der Waals surface area contributed by atoms with E-state index in [0.717, 1.165) is 43.4 Å². The van der Waals surface area contributed by atoms with E-state index in [9.17, 15) is 9.59 Å². The number of benzene rings is 2. The maximum absolute atomic E-state index is 13.7. The standard InChI is InChI=1S/C28H37N3O2/c1-6-8-12-18-30(26(32)15-9-7-2)22(5)27-29-25-14-11-10-13-24(25)28(33)31(27)23-17-16-20(3)21(4)19-23/h10-11,13-14,16-17,19,22H,6-9,12,15,18H2,1-5H3. The average Bonchev–Trinajstić information content (AvgIpc) is 2.82. The van der Waals surface area contributed by atoms with E-state index < -0.39 is 0 Å². The molecule has 2 aromatic carbocycles. The van der Waals surface area contributed by atoms with Gasteiger partial charge in [-0.15, -0.1) is 0 Å². The zero-order chi connectivity index (χ0) is 24.0. The Hall–Kier alpha value is -2.95. The van der Waals surface area contributed by atoms with E-state index in [1.165, 1.54) is 5.56 Å². The number of nitrogens with zero attached hydrogens (tertiary/aromatic N) is 3. The molecule has 0 saturated heterocycles. The van der Waals surface area contributed by atoms with E-state index in [1.54, 1.807) is 4.57 Å². The fourth-order valence-electron chi connectivity index (χ4n) is 4.22. The Balaban J connectivity index is 2.18. The minimum atomic E-state index is -0.315. The molecule has 1 heterocycles. The smallest absolute Gasteiger partial charge is 0.266 e. The van der Waals surface area contributed by atoms with Gasteiger partial charge in [0.1, 0.15) is 5.82 Å². The number of unbranched alkanes of at least 4 members (excludes halogenated alkanes) is 3. The lowest BCUT2D eigenvalue weighted by Gasteiger charge is -2.31. The molecule has 0 aliphatic rings. The second-order valence-electron chi connectivity index (χ2n) is 8.97. The molecule has 0 fully saturated rings. The molecule has 0 aliphatic heterocycles. The molecule has 3 rings (SSSR count). The fraction of sp³-hybridized carbons (Fsp3) is 0.464. The summed E-state index contributed by atoms with van der Waals surface area (Å²) in [7, 11) is 0. The number of hydrogen-bond donors (Lipinski definition) is 0. The van der Waals surface area contributed by atoms with Gasteiger partial charge in [-0.25, -0.2) is 4.98 Å². The van der Waals surface area contributed by atoms with E-state index >= 15 is 0 Å². The van der Waals surface area contributed by atoms with E-state index in [-0.39, 0.29) is 17.5 Å². The molecule has 0 saturated carbocycles. The highest BCUT2D eigenvalue weighted by Crippen LogP contribution is 2.25. The monoisotopic (exact) mass is 447 g/mol. The number of carbonyl (C=O) groups is 1. The van der Waals surface area contributed by atoms with Crippen molar-refractivity contribution < 1.29 is 4.79 Å². The summed E-state index contributed by atoms with van der Waals surface area (Å²) in [6, 6.07) is 13.2. The highest BCUT2D eigenvalue weighted by Gasteiger charge is 2.26. The van der Waals surface area contributed by atoms with Gasteiger partial charge in [0.05, 0.1) is 22.6 Å². The second-order valence-corrected chi connectivity index (χ2v) is 8.97. The summed E-state index contributed by atoms with van der Waals surface area (Å²) < 4.78 is 1.71. The van der Waals surface area contributed by atoms with E-state index in [0.29, 0.717) is 29.7 Å². The molecule has 3 aromatic rings. The number of para-hydroxylation sites is 1. The van der Waals surface area contributed by atoms with Gasteiger partial charge in [-0.2, -0.15) is 0 Å². The Bertz CT molecular complexity index is 1170. The Kier molecular flexibility index (Phi) is 8.43.